The summed E-state index contributed by atoms with van der Waals surface area (Å²) in [6.07, 6.45) is 4.29. The highest BCUT2D eigenvalue weighted by atomic mass is 16.5. The Kier molecular flexibility index (Phi) is 5.33. The first-order chi connectivity index (χ1) is 10.3. The summed E-state index contributed by atoms with van der Waals surface area (Å²) in [5, 5.41) is 0. The van der Waals surface area contributed by atoms with Gasteiger partial charge in [-0.3, -0.25) is 4.79 Å². The molecule has 0 aliphatic carbocycles. The maximum Gasteiger partial charge on any atom is 0.153 e. The van der Waals surface area contributed by atoms with Crippen LogP contribution in [0.5, 0.6) is 5.75 Å². The number of rotatable bonds is 7. The second kappa shape index (κ2) is 7.44. The lowest BCUT2D eigenvalue weighted by Gasteiger charge is -2.14. The fourth-order valence-corrected chi connectivity index (χ4v) is 2.29. The van der Waals surface area contributed by atoms with Gasteiger partial charge < -0.3 is 4.74 Å². The summed E-state index contributed by atoms with van der Waals surface area (Å²) in [5.74, 6) is 0.672. The Morgan fingerprint density at radius 3 is 2.52 bits per heavy atom. The SMILES string of the molecule is C=CCc1cc(CC)cc(C=O)c1OCc1ccccc1. The molecule has 2 nitrogen and oxygen atoms in total. The van der Waals surface area contributed by atoms with Gasteiger partial charge in [-0.05, 0) is 35.6 Å². The summed E-state index contributed by atoms with van der Waals surface area (Å²) in [6, 6.07) is 13.9. The van der Waals surface area contributed by atoms with Crippen LogP contribution in [0.4, 0.5) is 0 Å². The highest BCUT2D eigenvalue weighted by Gasteiger charge is 2.11. The number of hydrogen-bond donors (Lipinski definition) is 0. The molecule has 0 radical (unpaired) electrons. The second-order valence-electron chi connectivity index (χ2n) is 4.91. The molecular formula is C19H20O2. The summed E-state index contributed by atoms with van der Waals surface area (Å²) in [4.78, 5) is 11.4. The Bertz CT molecular complexity index is 615. The first-order valence-electron chi connectivity index (χ1n) is 7.17. The molecule has 2 aromatic rings. The molecule has 0 aromatic heterocycles. The minimum absolute atomic E-state index is 0.456. The molecular weight excluding hydrogens is 260 g/mol. The van der Waals surface area contributed by atoms with Gasteiger partial charge in [0.05, 0.1) is 5.56 Å². The van der Waals surface area contributed by atoms with Crippen molar-refractivity contribution in [3.8, 4) is 5.75 Å². The van der Waals surface area contributed by atoms with Crippen molar-refractivity contribution >= 4 is 6.29 Å². The minimum Gasteiger partial charge on any atom is -0.488 e. The van der Waals surface area contributed by atoms with Crippen molar-refractivity contribution < 1.29 is 9.53 Å². The topological polar surface area (TPSA) is 26.3 Å². The minimum atomic E-state index is 0.456. The average Bonchev–Trinajstić information content (AvgIpc) is 2.54. The summed E-state index contributed by atoms with van der Waals surface area (Å²) < 4.78 is 5.92. The van der Waals surface area contributed by atoms with Crippen molar-refractivity contribution in [2.75, 3.05) is 0 Å². The lowest BCUT2D eigenvalue weighted by atomic mass is 10.0. The van der Waals surface area contributed by atoms with Crippen LogP contribution in [0.15, 0.2) is 55.1 Å². The molecule has 108 valence electrons. The average molecular weight is 280 g/mol. The standard InChI is InChI=1S/C19H20O2/c1-3-8-17-11-15(4-2)12-18(13-20)19(17)21-14-16-9-6-5-7-10-16/h3,5-7,9-13H,1,4,8,14H2,2H3. The van der Waals surface area contributed by atoms with E-state index in [4.69, 9.17) is 4.74 Å². The van der Waals surface area contributed by atoms with Crippen molar-refractivity contribution in [1.29, 1.82) is 0 Å². The highest BCUT2D eigenvalue weighted by molar-refractivity contribution is 5.81. The molecule has 0 heterocycles. The second-order valence-corrected chi connectivity index (χ2v) is 4.91. The van der Waals surface area contributed by atoms with E-state index in [2.05, 4.69) is 19.6 Å². The van der Waals surface area contributed by atoms with Crippen molar-refractivity contribution in [3.63, 3.8) is 0 Å². The molecule has 0 aliphatic rings. The zero-order valence-corrected chi connectivity index (χ0v) is 12.3. The number of hydrogen-bond acceptors (Lipinski definition) is 2. The predicted octanol–water partition coefficient (Wildman–Crippen LogP) is 4.37. The molecule has 2 aromatic carbocycles. The van der Waals surface area contributed by atoms with Gasteiger partial charge in [-0.1, -0.05) is 49.4 Å². The van der Waals surface area contributed by atoms with Crippen LogP contribution in [0.25, 0.3) is 0 Å². The fraction of sp³-hybridized carbons (Fsp3) is 0.211. The molecule has 2 rings (SSSR count). The number of carbonyl (C=O) groups is 1. The van der Waals surface area contributed by atoms with Gasteiger partial charge in [-0.25, -0.2) is 0 Å². The molecule has 0 saturated heterocycles. The van der Waals surface area contributed by atoms with E-state index in [9.17, 15) is 4.79 Å². The van der Waals surface area contributed by atoms with E-state index in [1.165, 1.54) is 0 Å². The van der Waals surface area contributed by atoms with Crippen LogP contribution in [0, 0.1) is 0 Å². The van der Waals surface area contributed by atoms with Crippen molar-refractivity contribution in [2.24, 2.45) is 0 Å². The Morgan fingerprint density at radius 1 is 1.14 bits per heavy atom. The summed E-state index contributed by atoms with van der Waals surface area (Å²) in [6.45, 7) is 6.31. The number of ether oxygens (including phenoxy) is 1. The molecule has 0 saturated carbocycles. The van der Waals surface area contributed by atoms with E-state index in [1.54, 1.807) is 0 Å². The van der Waals surface area contributed by atoms with Crippen LogP contribution < -0.4 is 4.74 Å². The smallest absolute Gasteiger partial charge is 0.153 e. The summed E-state index contributed by atoms with van der Waals surface area (Å²) >= 11 is 0. The van der Waals surface area contributed by atoms with Crippen LogP contribution in [0.2, 0.25) is 0 Å². The Labute approximate surface area is 126 Å². The molecule has 0 spiro atoms. The van der Waals surface area contributed by atoms with Crippen molar-refractivity contribution in [2.45, 2.75) is 26.4 Å². The molecule has 0 bridgehead atoms. The first kappa shape index (κ1) is 15.0. The predicted molar refractivity (Wildman–Crippen MR) is 85.9 cm³/mol. The summed E-state index contributed by atoms with van der Waals surface area (Å²) in [7, 11) is 0. The fourth-order valence-electron chi connectivity index (χ4n) is 2.29. The van der Waals surface area contributed by atoms with Crippen LogP contribution in [-0.2, 0) is 19.4 Å². The van der Waals surface area contributed by atoms with Crippen molar-refractivity contribution in [3.05, 3.63) is 77.4 Å². The molecule has 0 aliphatic heterocycles. The van der Waals surface area contributed by atoms with E-state index in [-0.39, 0.29) is 0 Å². The number of aryl methyl sites for hydroxylation is 1. The van der Waals surface area contributed by atoms with Gasteiger partial charge >= 0.3 is 0 Å². The van der Waals surface area contributed by atoms with E-state index in [0.717, 1.165) is 29.4 Å². The Morgan fingerprint density at radius 2 is 1.90 bits per heavy atom. The Balaban J connectivity index is 2.31. The zero-order valence-electron chi connectivity index (χ0n) is 12.3. The lowest BCUT2D eigenvalue weighted by Crippen LogP contribution is -2.03. The van der Waals surface area contributed by atoms with Gasteiger partial charge in [0.15, 0.2) is 6.29 Å². The molecule has 0 atom stereocenters. The summed E-state index contributed by atoms with van der Waals surface area (Å²) in [5.41, 5.74) is 3.85. The maximum absolute atomic E-state index is 11.4. The van der Waals surface area contributed by atoms with E-state index in [1.807, 2.05) is 42.5 Å². The number of aldehydes is 1. The third kappa shape index (κ3) is 3.82. The Hall–Kier alpha value is -2.35. The van der Waals surface area contributed by atoms with E-state index < -0.39 is 0 Å². The van der Waals surface area contributed by atoms with Gasteiger partial charge in [0.25, 0.3) is 0 Å². The molecule has 0 amide bonds. The molecule has 21 heavy (non-hydrogen) atoms. The number of carbonyl (C=O) groups excluding carboxylic acids is 1. The van der Waals surface area contributed by atoms with E-state index in [0.29, 0.717) is 24.3 Å². The first-order valence-corrected chi connectivity index (χ1v) is 7.17. The van der Waals surface area contributed by atoms with Crippen LogP contribution in [0.1, 0.15) is 34.0 Å². The van der Waals surface area contributed by atoms with Crippen LogP contribution in [-0.4, -0.2) is 6.29 Å². The quantitative estimate of drug-likeness (QED) is 0.556. The number of benzene rings is 2. The third-order valence-electron chi connectivity index (χ3n) is 3.38. The molecule has 0 fully saturated rings. The molecule has 0 unspecified atom stereocenters. The lowest BCUT2D eigenvalue weighted by molar-refractivity contribution is 0.111. The van der Waals surface area contributed by atoms with Gasteiger partial charge in [-0.15, -0.1) is 6.58 Å². The van der Waals surface area contributed by atoms with Gasteiger partial charge in [-0.2, -0.15) is 0 Å². The third-order valence-corrected chi connectivity index (χ3v) is 3.38. The molecule has 2 heteroatoms. The van der Waals surface area contributed by atoms with Crippen LogP contribution >= 0.6 is 0 Å². The van der Waals surface area contributed by atoms with E-state index >= 15 is 0 Å². The zero-order chi connectivity index (χ0) is 15.1. The molecule has 0 N–H and O–H groups in total. The highest BCUT2D eigenvalue weighted by Crippen LogP contribution is 2.27. The van der Waals surface area contributed by atoms with Gasteiger partial charge in [0.2, 0.25) is 0 Å². The maximum atomic E-state index is 11.4. The van der Waals surface area contributed by atoms with Gasteiger partial charge in [0.1, 0.15) is 12.4 Å². The van der Waals surface area contributed by atoms with Crippen molar-refractivity contribution in [1.82, 2.24) is 0 Å². The van der Waals surface area contributed by atoms with Gasteiger partial charge in [0, 0.05) is 0 Å². The monoisotopic (exact) mass is 280 g/mol. The normalized spacial score (nSPS) is 10.1. The number of allylic oxidation sites excluding steroid dienone is 1. The van der Waals surface area contributed by atoms with Crippen LogP contribution in [0.3, 0.4) is 0 Å². The largest absolute Gasteiger partial charge is 0.488 e.